The Morgan fingerprint density at radius 1 is 1.19 bits per heavy atom. The third-order valence-electron chi connectivity index (χ3n) is 4.00. The van der Waals surface area contributed by atoms with Crippen LogP contribution in [0.15, 0.2) is 36.7 Å². The van der Waals surface area contributed by atoms with E-state index in [4.69, 9.17) is 5.73 Å². The molecule has 0 spiro atoms. The van der Waals surface area contributed by atoms with Gasteiger partial charge in [-0.25, -0.2) is 15.0 Å². The summed E-state index contributed by atoms with van der Waals surface area (Å²) in [6.07, 6.45) is 2.51. The minimum atomic E-state index is 0.199. The van der Waals surface area contributed by atoms with Crippen molar-refractivity contribution in [3.8, 4) is 0 Å². The number of nitrogen functional groups attached to an aromatic ring is 1. The highest BCUT2D eigenvalue weighted by molar-refractivity contribution is 5.81. The monoisotopic (exact) mass is 281 g/mol. The molecule has 2 unspecified atom stereocenters. The smallest absolute Gasteiger partial charge is 0.183 e. The average molecular weight is 281 g/mol. The Morgan fingerprint density at radius 3 is 2.62 bits per heavy atom. The van der Waals surface area contributed by atoms with Gasteiger partial charge in [-0.05, 0) is 11.5 Å². The molecule has 2 heterocycles. The van der Waals surface area contributed by atoms with E-state index in [9.17, 15) is 0 Å². The maximum absolute atomic E-state index is 5.89. The Hall–Kier alpha value is -2.43. The van der Waals surface area contributed by atoms with Gasteiger partial charge in [0.25, 0.3) is 0 Å². The molecule has 0 amide bonds. The predicted octanol–water partition coefficient (Wildman–Crippen LogP) is 3.11. The Morgan fingerprint density at radius 2 is 1.95 bits per heavy atom. The zero-order chi connectivity index (χ0) is 14.8. The van der Waals surface area contributed by atoms with Crippen molar-refractivity contribution in [2.45, 2.75) is 26.2 Å². The van der Waals surface area contributed by atoms with Gasteiger partial charge in [0.05, 0.1) is 0 Å². The lowest BCUT2D eigenvalue weighted by atomic mass is 9.85. The largest absolute Gasteiger partial charge is 0.382 e. The van der Waals surface area contributed by atoms with Crippen molar-refractivity contribution >= 4 is 17.0 Å². The first kappa shape index (κ1) is 13.5. The summed E-state index contributed by atoms with van der Waals surface area (Å²) >= 11 is 0. The fourth-order valence-electron chi connectivity index (χ4n) is 2.66. The van der Waals surface area contributed by atoms with Gasteiger partial charge in [0.1, 0.15) is 17.7 Å². The Bertz CT molecular complexity index is 735. The average Bonchev–Trinajstić information content (AvgIpc) is 2.93. The van der Waals surface area contributed by atoms with Gasteiger partial charge in [-0.3, -0.25) is 0 Å². The van der Waals surface area contributed by atoms with Crippen molar-refractivity contribution in [2.24, 2.45) is 5.92 Å². The zero-order valence-corrected chi connectivity index (χ0v) is 12.2. The minimum absolute atomic E-state index is 0.199. The van der Waals surface area contributed by atoms with Crippen molar-refractivity contribution in [2.75, 3.05) is 5.73 Å². The van der Waals surface area contributed by atoms with E-state index in [2.05, 4.69) is 58.0 Å². The number of benzene rings is 1. The molecule has 0 radical (unpaired) electrons. The molecule has 0 saturated carbocycles. The van der Waals surface area contributed by atoms with Crippen LogP contribution in [0.1, 0.15) is 37.6 Å². The van der Waals surface area contributed by atoms with Crippen LogP contribution in [-0.2, 0) is 0 Å². The summed E-state index contributed by atoms with van der Waals surface area (Å²) < 4.78 is 0. The van der Waals surface area contributed by atoms with E-state index in [1.807, 2.05) is 6.07 Å². The number of aromatic amines is 1. The van der Waals surface area contributed by atoms with E-state index in [-0.39, 0.29) is 5.92 Å². The van der Waals surface area contributed by atoms with Crippen LogP contribution in [0.3, 0.4) is 0 Å². The van der Waals surface area contributed by atoms with E-state index in [1.54, 1.807) is 0 Å². The molecular weight excluding hydrogens is 262 g/mol. The molecule has 1 aromatic carbocycles. The van der Waals surface area contributed by atoms with Crippen molar-refractivity contribution < 1.29 is 0 Å². The lowest BCUT2D eigenvalue weighted by molar-refractivity contribution is 0.482. The molecule has 0 aliphatic rings. The third-order valence-corrected chi connectivity index (χ3v) is 4.00. The number of fused-ring (bicyclic) bond motifs is 1. The predicted molar refractivity (Wildman–Crippen MR) is 83.8 cm³/mol. The second kappa shape index (κ2) is 5.52. The molecule has 21 heavy (non-hydrogen) atoms. The van der Waals surface area contributed by atoms with Gasteiger partial charge in [0.2, 0.25) is 0 Å². The van der Waals surface area contributed by atoms with Gasteiger partial charge >= 0.3 is 0 Å². The van der Waals surface area contributed by atoms with Gasteiger partial charge in [0.15, 0.2) is 11.5 Å². The van der Waals surface area contributed by atoms with Crippen LogP contribution in [0, 0.1) is 5.92 Å². The number of nitrogens with zero attached hydrogens (tertiary/aromatic N) is 3. The minimum Gasteiger partial charge on any atom is -0.382 e. The van der Waals surface area contributed by atoms with E-state index >= 15 is 0 Å². The van der Waals surface area contributed by atoms with Gasteiger partial charge in [0, 0.05) is 5.92 Å². The SMILES string of the molecule is CCC(C)C(c1ccccc1)c1nc2ncnc(N)c2[nH]1. The summed E-state index contributed by atoms with van der Waals surface area (Å²) in [7, 11) is 0. The van der Waals surface area contributed by atoms with Crippen molar-refractivity contribution in [1.82, 2.24) is 19.9 Å². The fourth-order valence-corrected chi connectivity index (χ4v) is 2.66. The molecule has 5 heteroatoms. The summed E-state index contributed by atoms with van der Waals surface area (Å²) in [5.41, 5.74) is 8.49. The van der Waals surface area contributed by atoms with Gasteiger partial charge < -0.3 is 10.7 Å². The van der Waals surface area contributed by atoms with E-state index < -0.39 is 0 Å². The van der Waals surface area contributed by atoms with Crippen molar-refractivity contribution in [3.63, 3.8) is 0 Å². The van der Waals surface area contributed by atoms with Gasteiger partial charge in [-0.15, -0.1) is 0 Å². The zero-order valence-electron chi connectivity index (χ0n) is 12.2. The van der Waals surface area contributed by atoms with E-state index in [1.165, 1.54) is 11.9 Å². The summed E-state index contributed by atoms with van der Waals surface area (Å²) in [6, 6.07) is 10.4. The highest BCUT2D eigenvalue weighted by Crippen LogP contribution is 2.33. The van der Waals surface area contributed by atoms with Gasteiger partial charge in [-0.1, -0.05) is 50.6 Å². The lowest BCUT2D eigenvalue weighted by Gasteiger charge is -2.21. The normalized spacial score (nSPS) is 14.2. The topological polar surface area (TPSA) is 80.5 Å². The second-order valence-electron chi connectivity index (χ2n) is 5.35. The number of nitrogens with one attached hydrogen (secondary N) is 1. The number of hydrogen-bond donors (Lipinski definition) is 2. The number of rotatable bonds is 4. The van der Waals surface area contributed by atoms with Crippen LogP contribution >= 0.6 is 0 Å². The molecule has 0 aliphatic carbocycles. The number of anilines is 1. The van der Waals surface area contributed by atoms with Crippen LogP contribution in [0.2, 0.25) is 0 Å². The third kappa shape index (κ3) is 2.46. The standard InChI is InChI=1S/C16H19N5/c1-3-10(2)12(11-7-5-4-6-8-11)15-20-13-14(17)18-9-19-16(13)21-15/h4-10,12H,3H2,1-2H3,(H3,17,18,19,20,21). The van der Waals surface area contributed by atoms with Crippen molar-refractivity contribution in [1.29, 1.82) is 0 Å². The number of nitrogens with two attached hydrogens (primary N) is 1. The van der Waals surface area contributed by atoms with Gasteiger partial charge in [-0.2, -0.15) is 0 Å². The first-order chi connectivity index (χ1) is 10.2. The molecule has 0 fully saturated rings. The first-order valence-electron chi connectivity index (χ1n) is 7.21. The van der Waals surface area contributed by atoms with Crippen LogP contribution in [0.4, 0.5) is 5.82 Å². The van der Waals surface area contributed by atoms with Crippen LogP contribution in [0.25, 0.3) is 11.2 Å². The quantitative estimate of drug-likeness (QED) is 0.770. The summed E-state index contributed by atoms with van der Waals surface area (Å²) in [5.74, 6) is 2.00. The first-order valence-corrected chi connectivity index (χ1v) is 7.21. The number of aromatic nitrogens is 4. The lowest BCUT2D eigenvalue weighted by Crippen LogP contribution is -2.12. The maximum Gasteiger partial charge on any atom is 0.183 e. The highest BCUT2D eigenvalue weighted by Gasteiger charge is 2.24. The molecule has 3 N–H and O–H groups in total. The molecule has 108 valence electrons. The van der Waals surface area contributed by atoms with Crippen LogP contribution in [-0.4, -0.2) is 19.9 Å². The van der Waals surface area contributed by atoms with E-state index in [0.717, 1.165) is 17.8 Å². The molecule has 5 nitrogen and oxygen atoms in total. The van der Waals surface area contributed by atoms with Crippen LogP contribution in [0.5, 0.6) is 0 Å². The molecule has 0 saturated heterocycles. The molecule has 0 aliphatic heterocycles. The summed E-state index contributed by atoms with van der Waals surface area (Å²) in [5, 5.41) is 0. The number of hydrogen-bond acceptors (Lipinski definition) is 4. The Labute approximate surface area is 123 Å². The Balaban J connectivity index is 2.12. The maximum atomic E-state index is 5.89. The fraction of sp³-hybridized carbons (Fsp3) is 0.312. The highest BCUT2D eigenvalue weighted by atomic mass is 15.0. The number of imidazole rings is 1. The van der Waals surface area contributed by atoms with Crippen LogP contribution < -0.4 is 5.73 Å². The molecule has 3 rings (SSSR count). The molecule has 2 aromatic heterocycles. The number of H-pyrrole nitrogens is 1. The summed E-state index contributed by atoms with van der Waals surface area (Å²) in [6.45, 7) is 4.43. The summed E-state index contributed by atoms with van der Waals surface area (Å²) in [4.78, 5) is 16.2. The van der Waals surface area contributed by atoms with E-state index in [0.29, 0.717) is 17.4 Å². The van der Waals surface area contributed by atoms with Crippen molar-refractivity contribution in [3.05, 3.63) is 48.0 Å². The second-order valence-corrected chi connectivity index (χ2v) is 5.35. The molecule has 3 aromatic rings. The molecule has 2 atom stereocenters. The molecule has 0 bridgehead atoms. The molecular formula is C16H19N5. The Kier molecular flexibility index (Phi) is 3.56.